The number of fused-ring (bicyclic) bond motifs is 1. The van der Waals surface area contributed by atoms with Crippen LogP contribution in [0.1, 0.15) is 6.92 Å². The molecule has 3 aromatic rings. The van der Waals surface area contributed by atoms with Crippen molar-refractivity contribution in [3.05, 3.63) is 58.8 Å². The van der Waals surface area contributed by atoms with Crippen LogP contribution in [0.25, 0.3) is 22.2 Å². The van der Waals surface area contributed by atoms with E-state index in [9.17, 15) is 19.8 Å². The van der Waals surface area contributed by atoms with Crippen LogP contribution >= 0.6 is 0 Å². The van der Waals surface area contributed by atoms with Crippen LogP contribution in [-0.2, 0) is 4.74 Å². The summed E-state index contributed by atoms with van der Waals surface area (Å²) >= 11 is 0. The summed E-state index contributed by atoms with van der Waals surface area (Å²) in [5, 5.41) is 19.6. The molecule has 0 aliphatic rings. The second kappa shape index (κ2) is 6.08. The molecule has 0 saturated carbocycles. The number of pyridine rings is 1. The van der Waals surface area contributed by atoms with Gasteiger partial charge in [0.25, 0.3) is 0 Å². The third kappa shape index (κ3) is 2.58. The zero-order chi connectivity index (χ0) is 17.3. The van der Waals surface area contributed by atoms with Gasteiger partial charge in [-0.25, -0.2) is 9.36 Å². The predicted octanol–water partition coefficient (Wildman–Crippen LogP) is 3.08. The molecule has 2 N–H and O–H groups in total. The third-order valence-electron chi connectivity index (χ3n) is 3.64. The van der Waals surface area contributed by atoms with Gasteiger partial charge in [0.1, 0.15) is 0 Å². The van der Waals surface area contributed by atoms with Crippen molar-refractivity contribution in [1.82, 2.24) is 4.57 Å². The molecule has 0 fully saturated rings. The van der Waals surface area contributed by atoms with Gasteiger partial charge in [0.15, 0.2) is 16.9 Å². The molecule has 0 radical (unpaired) electrons. The number of carbonyl (C=O) groups is 1. The Morgan fingerprint density at radius 1 is 1.08 bits per heavy atom. The molecule has 0 atom stereocenters. The summed E-state index contributed by atoms with van der Waals surface area (Å²) in [5.41, 5.74) is 0.827. The zero-order valence-corrected chi connectivity index (χ0v) is 12.9. The van der Waals surface area contributed by atoms with Crippen LogP contribution < -0.4 is 5.43 Å². The number of rotatable bonds is 2. The Kier molecular flexibility index (Phi) is 3.95. The van der Waals surface area contributed by atoms with Crippen LogP contribution in [0.2, 0.25) is 0 Å². The lowest BCUT2D eigenvalue weighted by molar-refractivity contribution is 0.155. The monoisotopic (exact) mass is 325 g/mol. The number of nitrogens with zero attached hydrogens (tertiary/aromatic N) is 1. The number of para-hydroxylation sites is 1. The largest absolute Gasteiger partial charge is 0.504 e. The predicted molar refractivity (Wildman–Crippen MR) is 89.4 cm³/mol. The minimum Gasteiger partial charge on any atom is -0.504 e. The Balaban J connectivity index is 2.37. The fraction of sp³-hybridized carbons (Fsp3) is 0.111. The highest BCUT2D eigenvalue weighted by molar-refractivity contribution is 5.92. The Morgan fingerprint density at radius 3 is 2.54 bits per heavy atom. The van der Waals surface area contributed by atoms with Gasteiger partial charge in [-0.1, -0.05) is 12.1 Å². The van der Waals surface area contributed by atoms with E-state index in [0.717, 1.165) is 0 Å². The maximum atomic E-state index is 12.4. The smallest absolute Gasteiger partial charge is 0.418 e. The average Bonchev–Trinajstić information content (AvgIpc) is 2.57. The molecular weight excluding hydrogens is 310 g/mol. The van der Waals surface area contributed by atoms with E-state index in [1.54, 1.807) is 31.2 Å². The summed E-state index contributed by atoms with van der Waals surface area (Å²) in [7, 11) is 0. The molecule has 0 unspecified atom stereocenters. The van der Waals surface area contributed by atoms with Crippen molar-refractivity contribution in [2.24, 2.45) is 0 Å². The molecule has 0 saturated heterocycles. The molecule has 0 bridgehead atoms. The number of hydrogen-bond donors (Lipinski definition) is 2. The molecule has 122 valence electrons. The van der Waals surface area contributed by atoms with Gasteiger partial charge in [0, 0.05) is 17.0 Å². The second-order valence-corrected chi connectivity index (χ2v) is 5.15. The summed E-state index contributed by atoms with van der Waals surface area (Å²) in [6.07, 6.45) is -0.628. The van der Waals surface area contributed by atoms with E-state index in [-0.39, 0.29) is 29.2 Å². The Labute approximate surface area is 137 Å². The number of phenolic OH excluding ortho intramolecular Hbond substituents is 2. The van der Waals surface area contributed by atoms with Gasteiger partial charge in [-0.05, 0) is 37.3 Å². The Hall–Kier alpha value is -3.28. The van der Waals surface area contributed by atoms with Crippen LogP contribution in [0, 0.1) is 0 Å². The van der Waals surface area contributed by atoms with Crippen molar-refractivity contribution in [3.63, 3.8) is 0 Å². The maximum absolute atomic E-state index is 12.4. The van der Waals surface area contributed by atoms with Crippen molar-refractivity contribution in [3.8, 4) is 22.8 Å². The summed E-state index contributed by atoms with van der Waals surface area (Å²) in [4.78, 5) is 24.8. The van der Waals surface area contributed by atoms with Crippen LogP contribution in [-0.4, -0.2) is 27.5 Å². The van der Waals surface area contributed by atoms with Crippen molar-refractivity contribution in [2.45, 2.75) is 6.92 Å². The van der Waals surface area contributed by atoms with E-state index in [2.05, 4.69) is 0 Å². The Morgan fingerprint density at radius 2 is 1.83 bits per heavy atom. The minimum atomic E-state index is -0.628. The van der Waals surface area contributed by atoms with Crippen molar-refractivity contribution >= 4 is 17.0 Å². The van der Waals surface area contributed by atoms with E-state index in [1.807, 2.05) is 0 Å². The second-order valence-electron chi connectivity index (χ2n) is 5.15. The van der Waals surface area contributed by atoms with Crippen molar-refractivity contribution in [1.29, 1.82) is 0 Å². The Bertz CT molecular complexity index is 990. The minimum absolute atomic E-state index is 0.180. The molecule has 0 aliphatic carbocycles. The first kappa shape index (κ1) is 15.6. The van der Waals surface area contributed by atoms with Gasteiger partial charge in [0.05, 0.1) is 17.8 Å². The molecule has 3 rings (SSSR count). The molecular formula is C18H15NO5. The molecule has 6 heteroatoms. The molecule has 6 nitrogen and oxygen atoms in total. The lowest BCUT2D eigenvalue weighted by atomic mass is 10.1. The summed E-state index contributed by atoms with van der Waals surface area (Å²) in [6.45, 7) is 1.87. The zero-order valence-electron chi connectivity index (χ0n) is 12.9. The summed E-state index contributed by atoms with van der Waals surface area (Å²) < 4.78 is 6.39. The van der Waals surface area contributed by atoms with Crippen LogP contribution in [0.4, 0.5) is 4.79 Å². The normalized spacial score (nSPS) is 10.7. The van der Waals surface area contributed by atoms with E-state index in [1.165, 1.54) is 28.8 Å². The van der Waals surface area contributed by atoms with Gasteiger partial charge >= 0.3 is 6.09 Å². The fourth-order valence-corrected chi connectivity index (χ4v) is 2.55. The van der Waals surface area contributed by atoms with Gasteiger partial charge in [0.2, 0.25) is 0 Å². The van der Waals surface area contributed by atoms with E-state index in [0.29, 0.717) is 16.5 Å². The first-order valence-corrected chi connectivity index (χ1v) is 7.37. The molecule has 24 heavy (non-hydrogen) atoms. The quantitative estimate of drug-likeness (QED) is 0.707. The first-order valence-electron chi connectivity index (χ1n) is 7.37. The number of aromatic hydroxyl groups is 2. The molecule has 0 amide bonds. The van der Waals surface area contributed by atoms with E-state index >= 15 is 0 Å². The highest BCUT2D eigenvalue weighted by Gasteiger charge is 2.17. The lowest BCUT2D eigenvalue weighted by Gasteiger charge is -2.15. The molecule has 2 aromatic carbocycles. The molecule has 0 spiro atoms. The number of carbonyl (C=O) groups excluding carboxylic acids is 1. The number of aromatic nitrogens is 1. The SMILES string of the molecule is CCOC(=O)n1c(-c2ccc(O)c(O)c2)cc(=O)c2ccccc21. The van der Waals surface area contributed by atoms with E-state index in [4.69, 9.17) is 4.74 Å². The van der Waals surface area contributed by atoms with E-state index < -0.39 is 6.09 Å². The van der Waals surface area contributed by atoms with Crippen LogP contribution in [0.5, 0.6) is 11.5 Å². The van der Waals surface area contributed by atoms with Gasteiger partial charge in [-0.15, -0.1) is 0 Å². The molecule has 0 aliphatic heterocycles. The molecule has 1 heterocycles. The molecule has 1 aromatic heterocycles. The van der Waals surface area contributed by atoms with Gasteiger partial charge < -0.3 is 14.9 Å². The third-order valence-corrected chi connectivity index (χ3v) is 3.64. The van der Waals surface area contributed by atoms with Gasteiger partial charge in [-0.2, -0.15) is 0 Å². The standard InChI is InChI=1S/C18H15NO5/c1-2-24-18(23)19-13-6-4-3-5-12(13)16(21)10-14(19)11-7-8-15(20)17(22)9-11/h3-10,20,22H,2H2,1H3. The van der Waals surface area contributed by atoms with Crippen molar-refractivity contribution in [2.75, 3.05) is 6.61 Å². The maximum Gasteiger partial charge on any atom is 0.418 e. The van der Waals surface area contributed by atoms with Crippen LogP contribution in [0.15, 0.2) is 53.3 Å². The highest BCUT2D eigenvalue weighted by atomic mass is 16.5. The lowest BCUT2D eigenvalue weighted by Crippen LogP contribution is -2.20. The topological polar surface area (TPSA) is 88.8 Å². The highest BCUT2D eigenvalue weighted by Crippen LogP contribution is 2.31. The average molecular weight is 325 g/mol. The number of hydrogen-bond acceptors (Lipinski definition) is 5. The van der Waals surface area contributed by atoms with Crippen molar-refractivity contribution < 1.29 is 19.7 Å². The van der Waals surface area contributed by atoms with Gasteiger partial charge in [-0.3, -0.25) is 4.79 Å². The number of ether oxygens (including phenoxy) is 1. The summed E-state index contributed by atoms with van der Waals surface area (Å²) in [6, 6.07) is 12.1. The number of phenols is 2. The van der Waals surface area contributed by atoms with Crippen LogP contribution in [0.3, 0.4) is 0 Å². The summed E-state index contributed by atoms with van der Waals surface area (Å²) in [5.74, 6) is -0.631. The first-order chi connectivity index (χ1) is 11.5. The number of benzene rings is 2. The fourth-order valence-electron chi connectivity index (χ4n) is 2.55.